The molecule has 1 aromatic heterocycles. The molecule has 2 aliphatic rings. The number of hydrogen-bond acceptors (Lipinski definition) is 3. The standard InChI is InChI=1S/C20H22N4O2/c1-13(19(26)24-8-6-20(4-5-20)7-9-24)22-18(25)17-11-15-3-2-14(12-21)10-16(15)23-17/h2-3,10-11,13,23H,4-9H2,1H3,(H,22,25)/t13-/m0/s1. The number of amides is 2. The zero-order valence-electron chi connectivity index (χ0n) is 14.8. The van der Waals surface area contributed by atoms with Crippen LogP contribution in [0.3, 0.4) is 0 Å². The Morgan fingerprint density at radius 1 is 1.23 bits per heavy atom. The predicted molar refractivity (Wildman–Crippen MR) is 97.4 cm³/mol. The summed E-state index contributed by atoms with van der Waals surface area (Å²) >= 11 is 0. The number of benzene rings is 1. The largest absolute Gasteiger partial charge is 0.350 e. The highest BCUT2D eigenvalue weighted by molar-refractivity contribution is 6.00. The molecule has 0 unspecified atom stereocenters. The molecule has 6 heteroatoms. The van der Waals surface area contributed by atoms with Gasteiger partial charge in [-0.2, -0.15) is 5.26 Å². The van der Waals surface area contributed by atoms with Crippen molar-refractivity contribution in [2.75, 3.05) is 13.1 Å². The lowest BCUT2D eigenvalue weighted by molar-refractivity contribution is -0.134. The van der Waals surface area contributed by atoms with Crippen molar-refractivity contribution >= 4 is 22.7 Å². The Morgan fingerprint density at radius 2 is 1.96 bits per heavy atom. The fraction of sp³-hybridized carbons (Fsp3) is 0.450. The highest BCUT2D eigenvalue weighted by Crippen LogP contribution is 2.53. The summed E-state index contributed by atoms with van der Waals surface area (Å²) in [7, 11) is 0. The van der Waals surface area contributed by atoms with E-state index < -0.39 is 6.04 Å². The Morgan fingerprint density at radius 3 is 2.62 bits per heavy atom. The lowest BCUT2D eigenvalue weighted by atomic mass is 9.93. The van der Waals surface area contributed by atoms with Crippen LogP contribution < -0.4 is 5.32 Å². The van der Waals surface area contributed by atoms with Crippen LogP contribution in [0, 0.1) is 16.7 Å². The van der Waals surface area contributed by atoms with E-state index in [-0.39, 0.29) is 11.8 Å². The minimum Gasteiger partial charge on any atom is -0.350 e. The highest BCUT2D eigenvalue weighted by atomic mass is 16.2. The van der Waals surface area contributed by atoms with Crippen molar-refractivity contribution in [3.63, 3.8) is 0 Å². The number of aromatic nitrogens is 1. The van der Waals surface area contributed by atoms with Crippen LogP contribution in [-0.2, 0) is 4.79 Å². The smallest absolute Gasteiger partial charge is 0.268 e. The number of carbonyl (C=O) groups excluding carboxylic acids is 2. The minimum atomic E-state index is -0.558. The van der Waals surface area contributed by atoms with Crippen LogP contribution in [0.5, 0.6) is 0 Å². The van der Waals surface area contributed by atoms with Crippen LogP contribution in [0.2, 0.25) is 0 Å². The molecule has 26 heavy (non-hydrogen) atoms. The summed E-state index contributed by atoms with van der Waals surface area (Å²) < 4.78 is 0. The third kappa shape index (κ3) is 3.05. The van der Waals surface area contributed by atoms with Crippen molar-refractivity contribution in [3.05, 3.63) is 35.5 Å². The van der Waals surface area contributed by atoms with Gasteiger partial charge in [0.1, 0.15) is 11.7 Å². The molecule has 1 saturated heterocycles. The maximum atomic E-state index is 12.6. The molecule has 1 saturated carbocycles. The maximum absolute atomic E-state index is 12.6. The van der Waals surface area contributed by atoms with Crippen LogP contribution in [0.25, 0.3) is 10.9 Å². The molecule has 2 amide bonds. The molecule has 2 heterocycles. The summed E-state index contributed by atoms with van der Waals surface area (Å²) in [6.07, 6.45) is 4.77. The molecule has 2 fully saturated rings. The van der Waals surface area contributed by atoms with Gasteiger partial charge < -0.3 is 15.2 Å². The van der Waals surface area contributed by atoms with Gasteiger partial charge in [-0.25, -0.2) is 0 Å². The van der Waals surface area contributed by atoms with Crippen molar-refractivity contribution in [2.24, 2.45) is 5.41 Å². The molecular weight excluding hydrogens is 328 g/mol. The fourth-order valence-electron chi connectivity index (χ4n) is 3.81. The summed E-state index contributed by atoms with van der Waals surface area (Å²) in [6.45, 7) is 3.32. The van der Waals surface area contributed by atoms with E-state index in [1.807, 2.05) is 4.90 Å². The maximum Gasteiger partial charge on any atom is 0.268 e. The van der Waals surface area contributed by atoms with Gasteiger partial charge in [-0.1, -0.05) is 6.07 Å². The molecule has 1 aromatic carbocycles. The lowest BCUT2D eigenvalue weighted by Crippen LogP contribution is -2.49. The second kappa shape index (κ2) is 6.17. The third-order valence-electron chi connectivity index (χ3n) is 5.81. The fourth-order valence-corrected chi connectivity index (χ4v) is 3.81. The summed E-state index contributed by atoms with van der Waals surface area (Å²) in [6, 6.07) is 8.49. The van der Waals surface area contributed by atoms with Crippen molar-refractivity contribution in [1.82, 2.24) is 15.2 Å². The number of fused-ring (bicyclic) bond motifs is 1. The van der Waals surface area contributed by atoms with E-state index in [9.17, 15) is 9.59 Å². The van der Waals surface area contributed by atoms with Crippen molar-refractivity contribution < 1.29 is 9.59 Å². The SMILES string of the molecule is C[C@H](NC(=O)c1cc2ccc(C#N)cc2[nH]1)C(=O)N1CCC2(CC1)CC2. The molecule has 1 atom stereocenters. The Kier molecular flexibility index (Phi) is 3.95. The molecule has 1 aliphatic carbocycles. The van der Waals surface area contributed by atoms with Gasteiger partial charge >= 0.3 is 0 Å². The van der Waals surface area contributed by atoms with Crippen LogP contribution in [0.15, 0.2) is 24.3 Å². The highest BCUT2D eigenvalue weighted by Gasteiger charge is 2.45. The Bertz CT molecular complexity index is 910. The molecule has 1 spiro atoms. The second-order valence-electron chi connectivity index (χ2n) is 7.62. The molecule has 4 rings (SSSR count). The van der Waals surface area contributed by atoms with Gasteiger partial charge in [0.15, 0.2) is 0 Å². The number of aromatic amines is 1. The topological polar surface area (TPSA) is 89.0 Å². The summed E-state index contributed by atoms with van der Waals surface area (Å²) in [5, 5.41) is 12.6. The molecule has 134 valence electrons. The summed E-state index contributed by atoms with van der Waals surface area (Å²) in [5.74, 6) is -0.326. The van der Waals surface area contributed by atoms with E-state index in [2.05, 4.69) is 16.4 Å². The van der Waals surface area contributed by atoms with Crippen molar-refractivity contribution in [1.29, 1.82) is 5.26 Å². The van der Waals surface area contributed by atoms with Crippen LogP contribution in [-0.4, -0.2) is 40.8 Å². The molecule has 2 aromatic rings. The first kappa shape index (κ1) is 16.6. The van der Waals surface area contributed by atoms with E-state index in [1.165, 1.54) is 12.8 Å². The van der Waals surface area contributed by atoms with Crippen molar-refractivity contribution in [3.8, 4) is 6.07 Å². The number of carbonyl (C=O) groups is 2. The average Bonchev–Trinajstić information content (AvgIpc) is 3.26. The summed E-state index contributed by atoms with van der Waals surface area (Å²) in [4.78, 5) is 30.0. The second-order valence-corrected chi connectivity index (χ2v) is 7.62. The van der Waals surface area contributed by atoms with E-state index >= 15 is 0 Å². The molecule has 1 aliphatic heterocycles. The van der Waals surface area contributed by atoms with Crippen LogP contribution in [0.4, 0.5) is 0 Å². The lowest BCUT2D eigenvalue weighted by Gasteiger charge is -2.33. The van der Waals surface area contributed by atoms with Gasteiger partial charge in [-0.05, 0) is 56.2 Å². The zero-order valence-corrected chi connectivity index (χ0v) is 14.8. The van der Waals surface area contributed by atoms with E-state index in [1.54, 1.807) is 31.2 Å². The molecule has 0 bridgehead atoms. The van der Waals surface area contributed by atoms with Gasteiger partial charge in [0.25, 0.3) is 5.91 Å². The molecular formula is C20H22N4O2. The number of H-pyrrole nitrogens is 1. The number of hydrogen-bond donors (Lipinski definition) is 2. The minimum absolute atomic E-state index is 0.0169. The zero-order chi connectivity index (χ0) is 18.3. The summed E-state index contributed by atoms with van der Waals surface area (Å²) in [5.41, 5.74) is 2.19. The van der Waals surface area contributed by atoms with E-state index in [0.717, 1.165) is 36.8 Å². The third-order valence-corrected chi connectivity index (χ3v) is 5.81. The normalized spacial score (nSPS) is 19.2. The van der Waals surface area contributed by atoms with Gasteiger partial charge in [-0.15, -0.1) is 0 Å². The first-order valence-electron chi connectivity index (χ1n) is 9.12. The van der Waals surface area contributed by atoms with Gasteiger partial charge in [0.05, 0.1) is 11.6 Å². The average molecular weight is 350 g/mol. The first-order valence-corrected chi connectivity index (χ1v) is 9.12. The van der Waals surface area contributed by atoms with Crippen molar-refractivity contribution in [2.45, 2.75) is 38.6 Å². The van der Waals surface area contributed by atoms with E-state index in [0.29, 0.717) is 16.7 Å². The Hall–Kier alpha value is -2.81. The number of rotatable bonds is 3. The quantitative estimate of drug-likeness (QED) is 0.891. The van der Waals surface area contributed by atoms with Gasteiger partial charge in [-0.3, -0.25) is 9.59 Å². The molecule has 0 radical (unpaired) electrons. The van der Waals surface area contributed by atoms with Crippen LogP contribution in [0.1, 0.15) is 48.7 Å². The van der Waals surface area contributed by atoms with Gasteiger partial charge in [0, 0.05) is 24.0 Å². The number of likely N-dealkylation sites (tertiary alicyclic amines) is 1. The number of nitrogens with zero attached hydrogens (tertiary/aromatic N) is 2. The van der Waals surface area contributed by atoms with E-state index in [4.69, 9.17) is 5.26 Å². The predicted octanol–water partition coefficient (Wildman–Crippen LogP) is 2.56. The Balaban J connectivity index is 1.40. The number of nitrogens with one attached hydrogen (secondary N) is 2. The first-order chi connectivity index (χ1) is 12.5. The van der Waals surface area contributed by atoms with Gasteiger partial charge in [0.2, 0.25) is 5.91 Å². The number of piperidine rings is 1. The monoisotopic (exact) mass is 350 g/mol. The molecule has 2 N–H and O–H groups in total. The molecule has 6 nitrogen and oxygen atoms in total. The number of nitriles is 1. The van der Waals surface area contributed by atoms with Crippen LogP contribution >= 0.6 is 0 Å². The Labute approximate surface area is 152 Å².